The highest BCUT2D eigenvalue weighted by molar-refractivity contribution is 5.93. The Labute approximate surface area is 164 Å². The average molecular weight is 395 g/mol. The molecule has 0 aliphatic heterocycles. The van der Waals surface area contributed by atoms with Crippen LogP contribution in [0.2, 0.25) is 0 Å². The molecule has 9 heteroatoms. The van der Waals surface area contributed by atoms with E-state index in [-0.39, 0.29) is 22.7 Å². The molecule has 0 amide bonds. The Morgan fingerprint density at radius 3 is 2.62 bits per heavy atom. The molecular weight excluding hydrogens is 381 g/mol. The van der Waals surface area contributed by atoms with Crippen LogP contribution in [-0.2, 0) is 4.74 Å². The summed E-state index contributed by atoms with van der Waals surface area (Å²) in [4.78, 5) is 30.4. The first-order valence-electron chi connectivity index (χ1n) is 8.26. The summed E-state index contributed by atoms with van der Waals surface area (Å²) in [6.07, 6.45) is 5.67. The number of carbonyl (C=O) groups is 1. The van der Waals surface area contributed by atoms with Gasteiger partial charge in [-0.25, -0.2) is 19.2 Å². The Kier molecular flexibility index (Phi) is 5.88. The summed E-state index contributed by atoms with van der Waals surface area (Å²) < 4.78 is 23.2. The van der Waals surface area contributed by atoms with E-state index in [1.165, 1.54) is 62.1 Å². The average Bonchev–Trinajstić information content (AvgIpc) is 2.74. The van der Waals surface area contributed by atoms with Crippen molar-refractivity contribution in [1.29, 1.82) is 0 Å². The first kappa shape index (κ1) is 19.6. The van der Waals surface area contributed by atoms with Crippen molar-refractivity contribution >= 4 is 23.8 Å². The number of methoxy groups -OCH3 is 1. The van der Waals surface area contributed by atoms with Gasteiger partial charge < -0.3 is 9.47 Å². The van der Waals surface area contributed by atoms with Crippen molar-refractivity contribution in [3.05, 3.63) is 87.7 Å². The minimum atomic E-state index is -0.598. The Morgan fingerprint density at radius 1 is 1.17 bits per heavy atom. The normalized spacial score (nSPS) is 10.7. The molecule has 0 radical (unpaired) electrons. The standard InChI is InChI=1S/C20H14FN3O5/c1-28-20(25)16-11-22-12-23-17(16)8-2-13-3-9-19(18(10-13)24(26)27)29-15-6-4-14(21)5-7-15/h2-12H,1H3. The zero-order chi connectivity index (χ0) is 20.8. The first-order valence-corrected chi connectivity index (χ1v) is 8.26. The Bertz CT molecular complexity index is 1080. The maximum atomic E-state index is 13.0. The molecule has 0 atom stereocenters. The smallest absolute Gasteiger partial charge is 0.341 e. The van der Waals surface area contributed by atoms with Gasteiger partial charge in [0.1, 0.15) is 23.5 Å². The third-order valence-corrected chi connectivity index (χ3v) is 3.80. The second-order valence-electron chi connectivity index (χ2n) is 5.69. The van der Waals surface area contributed by atoms with Crippen molar-refractivity contribution in [2.45, 2.75) is 0 Å². The number of halogens is 1. The van der Waals surface area contributed by atoms with E-state index < -0.39 is 16.7 Å². The van der Waals surface area contributed by atoms with Crippen LogP contribution in [-0.4, -0.2) is 28.0 Å². The number of carbonyl (C=O) groups excluding carboxylic acids is 1. The van der Waals surface area contributed by atoms with Gasteiger partial charge >= 0.3 is 11.7 Å². The third kappa shape index (κ3) is 4.78. The summed E-state index contributed by atoms with van der Waals surface area (Å²) >= 11 is 0. The number of aromatic nitrogens is 2. The van der Waals surface area contributed by atoms with Gasteiger partial charge in [-0.05, 0) is 42.0 Å². The Morgan fingerprint density at radius 2 is 1.93 bits per heavy atom. The van der Waals surface area contributed by atoms with Crippen LogP contribution in [0.5, 0.6) is 11.5 Å². The van der Waals surface area contributed by atoms with E-state index in [4.69, 9.17) is 4.74 Å². The molecule has 1 heterocycles. The molecule has 0 saturated carbocycles. The number of hydrogen-bond donors (Lipinski definition) is 0. The number of nitrogens with zero attached hydrogens (tertiary/aromatic N) is 3. The van der Waals surface area contributed by atoms with Gasteiger partial charge in [-0.3, -0.25) is 10.1 Å². The van der Waals surface area contributed by atoms with Gasteiger partial charge in [-0.1, -0.05) is 12.1 Å². The zero-order valence-corrected chi connectivity index (χ0v) is 15.1. The van der Waals surface area contributed by atoms with Gasteiger partial charge in [0.25, 0.3) is 0 Å². The second kappa shape index (κ2) is 8.70. The minimum absolute atomic E-state index is 0.0102. The molecule has 0 spiro atoms. The minimum Gasteiger partial charge on any atom is -0.465 e. The van der Waals surface area contributed by atoms with Crippen LogP contribution < -0.4 is 4.74 Å². The Hall–Kier alpha value is -4.14. The van der Waals surface area contributed by atoms with Gasteiger partial charge in [0.05, 0.1) is 17.7 Å². The van der Waals surface area contributed by atoms with Crippen LogP contribution in [0, 0.1) is 15.9 Å². The second-order valence-corrected chi connectivity index (χ2v) is 5.69. The molecule has 0 N–H and O–H groups in total. The molecule has 3 aromatic rings. The Balaban J connectivity index is 1.89. The summed E-state index contributed by atoms with van der Waals surface area (Å²) in [7, 11) is 1.24. The van der Waals surface area contributed by atoms with Crippen LogP contribution >= 0.6 is 0 Å². The fourth-order valence-corrected chi connectivity index (χ4v) is 2.41. The van der Waals surface area contributed by atoms with Crippen molar-refractivity contribution in [3.63, 3.8) is 0 Å². The lowest BCUT2D eigenvalue weighted by Crippen LogP contribution is -2.05. The summed E-state index contributed by atoms with van der Waals surface area (Å²) in [5.74, 6) is -0.764. The molecule has 146 valence electrons. The quantitative estimate of drug-likeness (QED) is 0.349. The molecule has 3 rings (SSSR count). The topological polar surface area (TPSA) is 104 Å². The van der Waals surface area contributed by atoms with Crippen LogP contribution in [0.15, 0.2) is 55.0 Å². The summed E-state index contributed by atoms with van der Waals surface area (Å²) in [5.41, 5.74) is 0.683. The molecule has 0 bridgehead atoms. The van der Waals surface area contributed by atoms with Crippen LogP contribution in [0.3, 0.4) is 0 Å². The van der Waals surface area contributed by atoms with Gasteiger partial charge in [0, 0.05) is 12.3 Å². The SMILES string of the molecule is COC(=O)c1cncnc1C=Cc1ccc(Oc2ccc(F)cc2)c([N+](=O)[O-])c1. The number of esters is 1. The molecule has 0 aliphatic rings. The maximum Gasteiger partial charge on any atom is 0.341 e. The predicted octanol–water partition coefficient (Wildman–Crippen LogP) is 4.27. The van der Waals surface area contributed by atoms with E-state index >= 15 is 0 Å². The van der Waals surface area contributed by atoms with E-state index in [1.807, 2.05) is 0 Å². The summed E-state index contributed by atoms with van der Waals surface area (Å²) in [6, 6.07) is 9.47. The molecular formula is C20H14FN3O5. The zero-order valence-electron chi connectivity index (χ0n) is 15.1. The highest BCUT2D eigenvalue weighted by atomic mass is 19.1. The lowest BCUT2D eigenvalue weighted by molar-refractivity contribution is -0.385. The highest BCUT2D eigenvalue weighted by Crippen LogP contribution is 2.32. The van der Waals surface area contributed by atoms with Crippen molar-refractivity contribution < 1.29 is 23.6 Å². The summed E-state index contributed by atoms with van der Waals surface area (Å²) in [5, 5.41) is 11.4. The van der Waals surface area contributed by atoms with Crippen molar-refractivity contribution in [1.82, 2.24) is 9.97 Å². The lowest BCUT2D eigenvalue weighted by atomic mass is 10.1. The van der Waals surface area contributed by atoms with Crippen LogP contribution in [0.25, 0.3) is 12.2 Å². The van der Waals surface area contributed by atoms with Gasteiger partial charge in [-0.2, -0.15) is 0 Å². The fraction of sp³-hybridized carbons (Fsp3) is 0.0500. The number of rotatable bonds is 6. The molecule has 2 aromatic carbocycles. The first-order chi connectivity index (χ1) is 14.0. The van der Waals surface area contributed by atoms with Crippen LogP contribution in [0.4, 0.5) is 10.1 Å². The maximum absolute atomic E-state index is 13.0. The van der Waals surface area contributed by atoms with E-state index in [2.05, 4.69) is 14.7 Å². The lowest BCUT2D eigenvalue weighted by Gasteiger charge is -2.07. The van der Waals surface area contributed by atoms with Crippen molar-refractivity contribution in [2.24, 2.45) is 0 Å². The van der Waals surface area contributed by atoms with E-state index in [9.17, 15) is 19.3 Å². The number of ether oxygens (including phenoxy) is 2. The largest absolute Gasteiger partial charge is 0.465 e. The molecule has 0 unspecified atom stereocenters. The molecule has 1 aromatic heterocycles. The fourth-order valence-electron chi connectivity index (χ4n) is 2.41. The molecule has 29 heavy (non-hydrogen) atoms. The van der Waals surface area contributed by atoms with Crippen molar-refractivity contribution in [3.8, 4) is 11.5 Å². The molecule has 0 fully saturated rings. The molecule has 8 nitrogen and oxygen atoms in total. The number of nitro benzene ring substituents is 1. The van der Waals surface area contributed by atoms with E-state index in [0.29, 0.717) is 11.3 Å². The van der Waals surface area contributed by atoms with E-state index in [1.54, 1.807) is 12.1 Å². The van der Waals surface area contributed by atoms with Gasteiger partial charge in [-0.15, -0.1) is 0 Å². The molecule has 0 aliphatic carbocycles. The molecule has 0 saturated heterocycles. The third-order valence-electron chi connectivity index (χ3n) is 3.80. The number of benzene rings is 2. The van der Waals surface area contributed by atoms with Gasteiger partial charge in [0.15, 0.2) is 0 Å². The monoisotopic (exact) mass is 395 g/mol. The number of hydrogen-bond acceptors (Lipinski definition) is 7. The van der Waals surface area contributed by atoms with E-state index in [0.717, 1.165) is 0 Å². The predicted molar refractivity (Wildman–Crippen MR) is 102 cm³/mol. The van der Waals surface area contributed by atoms with Gasteiger partial charge in [0.2, 0.25) is 5.75 Å². The summed E-state index contributed by atoms with van der Waals surface area (Å²) in [6.45, 7) is 0. The van der Waals surface area contributed by atoms with Crippen molar-refractivity contribution in [2.75, 3.05) is 7.11 Å². The number of nitro groups is 1. The highest BCUT2D eigenvalue weighted by Gasteiger charge is 2.17. The van der Waals surface area contributed by atoms with Crippen LogP contribution in [0.1, 0.15) is 21.6 Å².